The van der Waals surface area contributed by atoms with E-state index in [-0.39, 0.29) is 0 Å². The molecule has 2 aromatic carbocycles. The van der Waals surface area contributed by atoms with Gasteiger partial charge in [0.2, 0.25) is 0 Å². The molecule has 6 heteroatoms. The van der Waals surface area contributed by atoms with Crippen molar-refractivity contribution in [3.8, 4) is 11.5 Å². The molecule has 0 aliphatic carbocycles. The van der Waals surface area contributed by atoms with Gasteiger partial charge < -0.3 is 9.47 Å². The second-order valence-corrected chi connectivity index (χ2v) is 6.52. The van der Waals surface area contributed by atoms with Crippen molar-refractivity contribution in [1.29, 1.82) is 0 Å². The van der Waals surface area contributed by atoms with Crippen LogP contribution in [0.5, 0.6) is 11.5 Å². The minimum Gasteiger partial charge on any atom is -0.490 e. The average molecular weight is 364 g/mol. The number of aryl methyl sites for hydroxylation is 1. The molecule has 3 aromatic rings. The van der Waals surface area contributed by atoms with Gasteiger partial charge in [-0.2, -0.15) is 5.10 Å². The molecule has 0 unspecified atom stereocenters. The maximum atomic E-state index is 5.98. The molecule has 0 spiro atoms. The first-order valence-electron chi connectivity index (χ1n) is 8.97. The summed E-state index contributed by atoms with van der Waals surface area (Å²) in [7, 11) is 0. The Morgan fingerprint density at radius 2 is 1.70 bits per heavy atom. The van der Waals surface area contributed by atoms with E-state index in [1.165, 1.54) is 28.5 Å². The number of nitrogens with zero attached hydrogens (tertiary/aromatic N) is 4. The van der Waals surface area contributed by atoms with Gasteiger partial charge >= 0.3 is 0 Å². The van der Waals surface area contributed by atoms with Crippen LogP contribution < -0.4 is 9.47 Å². The SMILES string of the molecule is Cc1ccc(C(C)C)c(OCCOc2ccccc2/C=N/n2cnnc2)c1. The molecular weight excluding hydrogens is 340 g/mol. The molecule has 140 valence electrons. The number of para-hydroxylation sites is 1. The van der Waals surface area contributed by atoms with Gasteiger partial charge in [-0.3, -0.25) is 0 Å². The lowest BCUT2D eigenvalue weighted by Gasteiger charge is -2.15. The molecule has 0 bridgehead atoms. The number of ether oxygens (including phenoxy) is 2. The highest BCUT2D eigenvalue weighted by Gasteiger charge is 2.08. The normalized spacial score (nSPS) is 11.3. The average Bonchev–Trinajstić information content (AvgIpc) is 3.18. The van der Waals surface area contributed by atoms with Crippen molar-refractivity contribution in [2.75, 3.05) is 13.2 Å². The molecule has 0 saturated carbocycles. The summed E-state index contributed by atoms with van der Waals surface area (Å²) in [5, 5.41) is 11.7. The van der Waals surface area contributed by atoms with E-state index < -0.39 is 0 Å². The number of hydrogen-bond donors (Lipinski definition) is 0. The van der Waals surface area contributed by atoms with E-state index >= 15 is 0 Å². The van der Waals surface area contributed by atoms with E-state index in [2.05, 4.69) is 54.3 Å². The van der Waals surface area contributed by atoms with Crippen molar-refractivity contribution in [2.24, 2.45) is 5.10 Å². The Balaban J connectivity index is 1.59. The van der Waals surface area contributed by atoms with Crippen LogP contribution in [0.15, 0.2) is 60.2 Å². The Hall–Kier alpha value is -3.15. The predicted molar refractivity (Wildman–Crippen MR) is 106 cm³/mol. The van der Waals surface area contributed by atoms with Crippen LogP contribution >= 0.6 is 0 Å². The summed E-state index contributed by atoms with van der Waals surface area (Å²) in [4.78, 5) is 0. The van der Waals surface area contributed by atoms with E-state index in [0.29, 0.717) is 19.1 Å². The van der Waals surface area contributed by atoms with Gasteiger partial charge in [-0.05, 0) is 42.2 Å². The molecule has 3 rings (SSSR count). The zero-order chi connectivity index (χ0) is 19.1. The van der Waals surface area contributed by atoms with Crippen LogP contribution in [0.4, 0.5) is 0 Å². The van der Waals surface area contributed by atoms with E-state index in [1.807, 2.05) is 24.3 Å². The van der Waals surface area contributed by atoms with Crippen molar-refractivity contribution in [3.63, 3.8) is 0 Å². The first-order chi connectivity index (χ1) is 13.1. The largest absolute Gasteiger partial charge is 0.490 e. The van der Waals surface area contributed by atoms with Gasteiger partial charge in [0, 0.05) is 5.56 Å². The summed E-state index contributed by atoms with van der Waals surface area (Å²) in [6, 6.07) is 14.1. The lowest BCUT2D eigenvalue weighted by Crippen LogP contribution is -2.11. The van der Waals surface area contributed by atoms with E-state index in [9.17, 15) is 0 Å². The quantitative estimate of drug-likeness (QED) is 0.447. The molecule has 0 aliphatic rings. The summed E-state index contributed by atoms with van der Waals surface area (Å²) in [6.45, 7) is 7.32. The highest BCUT2D eigenvalue weighted by Crippen LogP contribution is 2.27. The zero-order valence-electron chi connectivity index (χ0n) is 15.9. The molecular formula is C21H24N4O2. The maximum Gasteiger partial charge on any atom is 0.141 e. The fraction of sp³-hybridized carbons (Fsp3) is 0.286. The second kappa shape index (κ2) is 8.98. The molecule has 6 nitrogen and oxygen atoms in total. The van der Waals surface area contributed by atoms with Crippen LogP contribution in [0, 0.1) is 6.92 Å². The van der Waals surface area contributed by atoms with Gasteiger partial charge in [-0.1, -0.05) is 38.1 Å². The molecule has 1 aromatic heterocycles. The molecule has 0 atom stereocenters. The van der Waals surface area contributed by atoms with Crippen LogP contribution in [-0.2, 0) is 0 Å². The van der Waals surface area contributed by atoms with E-state index in [1.54, 1.807) is 6.21 Å². The number of hydrogen-bond acceptors (Lipinski definition) is 5. The van der Waals surface area contributed by atoms with Gasteiger partial charge in [0.25, 0.3) is 0 Å². The predicted octanol–water partition coefficient (Wildman–Crippen LogP) is 4.05. The third-order valence-electron chi connectivity index (χ3n) is 4.05. The Morgan fingerprint density at radius 1 is 1.00 bits per heavy atom. The Bertz CT molecular complexity index is 889. The molecule has 0 fully saturated rings. The number of rotatable bonds is 8. The van der Waals surface area contributed by atoms with Crippen LogP contribution in [0.2, 0.25) is 0 Å². The monoisotopic (exact) mass is 364 g/mol. The van der Waals surface area contributed by atoms with E-state index in [0.717, 1.165) is 17.1 Å². The number of aromatic nitrogens is 3. The van der Waals surface area contributed by atoms with Crippen LogP contribution in [0.1, 0.15) is 36.5 Å². The highest BCUT2D eigenvalue weighted by molar-refractivity contribution is 5.83. The topological polar surface area (TPSA) is 61.5 Å². The lowest BCUT2D eigenvalue weighted by atomic mass is 10.0. The Morgan fingerprint density at radius 3 is 2.44 bits per heavy atom. The summed E-state index contributed by atoms with van der Waals surface area (Å²) in [5.74, 6) is 2.10. The zero-order valence-corrected chi connectivity index (χ0v) is 15.9. The summed E-state index contributed by atoms with van der Waals surface area (Å²) < 4.78 is 13.4. The van der Waals surface area contributed by atoms with Crippen LogP contribution in [0.25, 0.3) is 0 Å². The summed E-state index contributed by atoms with van der Waals surface area (Å²) in [5.41, 5.74) is 3.28. The van der Waals surface area contributed by atoms with Crippen LogP contribution in [-0.4, -0.2) is 34.3 Å². The molecule has 0 radical (unpaired) electrons. The van der Waals surface area contributed by atoms with Crippen LogP contribution in [0.3, 0.4) is 0 Å². The van der Waals surface area contributed by atoms with Crippen molar-refractivity contribution in [3.05, 3.63) is 71.8 Å². The van der Waals surface area contributed by atoms with Crippen molar-refractivity contribution in [2.45, 2.75) is 26.7 Å². The summed E-state index contributed by atoms with van der Waals surface area (Å²) >= 11 is 0. The second-order valence-electron chi connectivity index (χ2n) is 6.52. The first-order valence-corrected chi connectivity index (χ1v) is 8.97. The van der Waals surface area contributed by atoms with E-state index in [4.69, 9.17) is 9.47 Å². The Labute approximate surface area is 159 Å². The molecule has 0 saturated heterocycles. The molecule has 0 N–H and O–H groups in total. The minimum atomic E-state index is 0.413. The fourth-order valence-electron chi connectivity index (χ4n) is 2.65. The first kappa shape index (κ1) is 18.6. The fourth-order valence-corrected chi connectivity index (χ4v) is 2.65. The number of benzene rings is 2. The van der Waals surface area contributed by atoms with Gasteiger partial charge in [0.1, 0.15) is 37.4 Å². The van der Waals surface area contributed by atoms with Gasteiger partial charge in [-0.25, -0.2) is 4.68 Å². The third-order valence-corrected chi connectivity index (χ3v) is 4.05. The third kappa shape index (κ3) is 5.17. The van der Waals surface area contributed by atoms with Gasteiger partial charge in [-0.15, -0.1) is 10.2 Å². The Kier molecular flexibility index (Phi) is 6.20. The van der Waals surface area contributed by atoms with Crippen molar-refractivity contribution in [1.82, 2.24) is 14.9 Å². The smallest absolute Gasteiger partial charge is 0.141 e. The van der Waals surface area contributed by atoms with Gasteiger partial charge in [0.05, 0.1) is 6.21 Å². The molecule has 1 heterocycles. The van der Waals surface area contributed by atoms with Crippen molar-refractivity contribution >= 4 is 6.21 Å². The minimum absolute atomic E-state index is 0.413. The van der Waals surface area contributed by atoms with Gasteiger partial charge in [0.15, 0.2) is 0 Å². The standard InChI is InChI=1S/C21H24N4O2/c1-16(2)19-9-8-17(3)12-21(19)27-11-10-26-20-7-5-4-6-18(20)13-24-25-14-22-23-15-25/h4-9,12-16H,10-11H2,1-3H3/b24-13+. The van der Waals surface area contributed by atoms with Crippen molar-refractivity contribution < 1.29 is 9.47 Å². The highest BCUT2D eigenvalue weighted by atomic mass is 16.5. The lowest BCUT2D eigenvalue weighted by molar-refractivity contribution is 0.215. The summed E-state index contributed by atoms with van der Waals surface area (Å²) in [6.07, 6.45) is 4.78. The maximum absolute atomic E-state index is 5.98. The molecule has 0 amide bonds. The molecule has 0 aliphatic heterocycles. The molecule has 27 heavy (non-hydrogen) atoms.